The Morgan fingerprint density at radius 1 is 1.17 bits per heavy atom. The van der Waals surface area contributed by atoms with Gasteiger partial charge < -0.3 is 11.1 Å². The number of hydrogen-bond donors (Lipinski definition) is 2. The van der Waals surface area contributed by atoms with Crippen molar-refractivity contribution in [1.82, 2.24) is 10.2 Å². The lowest BCUT2D eigenvalue weighted by Gasteiger charge is -2.36. The first-order valence-corrected chi connectivity index (χ1v) is 9.41. The summed E-state index contributed by atoms with van der Waals surface area (Å²) >= 11 is 7.19. The minimum absolute atomic E-state index is 0. The van der Waals surface area contributed by atoms with Crippen LogP contribution in [0.3, 0.4) is 0 Å². The number of halogens is 4. The largest absolute Gasteiger partial charge is 0.398 e. The molecule has 1 atom stereocenters. The molecule has 1 fully saturated rings. The molecule has 1 heterocycles. The van der Waals surface area contributed by atoms with E-state index >= 15 is 0 Å². The van der Waals surface area contributed by atoms with Crippen LogP contribution in [0.4, 0.5) is 5.69 Å². The zero-order chi connectivity index (χ0) is 15.2. The van der Waals surface area contributed by atoms with E-state index in [0.29, 0.717) is 6.04 Å². The van der Waals surface area contributed by atoms with Crippen molar-refractivity contribution in [3.63, 3.8) is 0 Å². The number of nitrogens with two attached hydrogens (primary N) is 1. The van der Waals surface area contributed by atoms with Crippen molar-refractivity contribution in [3.8, 4) is 0 Å². The van der Waals surface area contributed by atoms with E-state index in [-0.39, 0.29) is 24.8 Å². The summed E-state index contributed by atoms with van der Waals surface area (Å²) in [5.74, 6) is 0. The Labute approximate surface area is 169 Å². The van der Waals surface area contributed by atoms with Crippen LogP contribution in [0.25, 0.3) is 0 Å². The minimum atomic E-state index is 0. The highest BCUT2D eigenvalue weighted by Crippen LogP contribution is 2.37. The number of benzene rings is 1. The van der Waals surface area contributed by atoms with Gasteiger partial charge in [-0.1, -0.05) is 42.1 Å². The van der Waals surface area contributed by atoms with Crippen LogP contribution in [0, 0.1) is 0 Å². The third-order valence-electron chi connectivity index (χ3n) is 4.16. The lowest BCUT2D eigenvalue weighted by molar-refractivity contribution is 0.163. The van der Waals surface area contributed by atoms with Crippen LogP contribution in [0.1, 0.15) is 44.2 Å². The van der Waals surface area contributed by atoms with Crippen LogP contribution in [0.5, 0.6) is 0 Å². The van der Waals surface area contributed by atoms with Crippen LogP contribution in [0.15, 0.2) is 21.1 Å². The molecule has 2 rings (SSSR count). The highest BCUT2D eigenvalue weighted by Gasteiger charge is 2.24. The van der Waals surface area contributed by atoms with Crippen LogP contribution in [0.2, 0.25) is 0 Å². The molecule has 1 aromatic carbocycles. The van der Waals surface area contributed by atoms with E-state index in [1.807, 2.05) is 6.07 Å². The average molecular weight is 492 g/mol. The Morgan fingerprint density at radius 3 is 2.43 bits per heavy atom. The SMILES string of the molecule is CCCCC[C@H](c1cc(Br)cc(Br)c1N)N1CCNCC1.Cl.Cl. The molecule has 3 N–H and O–H groups in total. The number of rotatable bonds is 6. The smallest absolute Gasteiger partial charge is 0.0507 e. The van der Waals surface area contributed by atoms with Gasteiger partial charge in [0.25, 0.3) is 0 Å². The van der Waals surface area contributed by atoms with Gasteiger partial charge in [-0.2, -0.15) is 0 Å². The van der Waals surface area contributed by atoms with Gasteiger partial charge in [-0.05, 0) is 40.0 Å². The summed E-state index contributed by atoms with van der Waals surface area (Å²) in [6.45, 7) is 6.59. The second-order valence-electron chi connectivity index (χ2n) is 5.69. The number of nitrogens with zero attached hydrogens (tertiary/aromatic N) is 1. The van der Waals surface area contributed by atoms with Gasteiger partial charge in [0.05, 0.1) is 5.69 Å². The zero-order valence-corrected chi connectivity index (χ0v) is 18.3. The molecule has 3 nitrogen and oxygen atoms in total. The fraction of sp³-hybridized carbons (Fsp3) is 0.625. The van der Waals surface area contributed by atoms with Crippen LogP contribution in [-0.4, -0.2) is 31.1 Å². The number of piperazine rings is 1. The van der Waals surface area contributed by atoms with Gasteiger partial charge in [-0.15, -0.1) is 24.8 Å². The molecule has 0 radical (unpaired) electrons. The summed E-state index contributed by atoms with van der Waals surface area (Å²) in [6.07, 6.45) is 4.99. The number of unbranched alkanes of at least 4 members (excludes halogenated alkanes) is 2. The van der Waals surface area contributed by atoms with Gasteiger partial charge in [-0.3, -0.25) is 4.90 Å². The number of nitrogens with one attached hydrogen (secondary N) is 1. The molecule has 0 unspecified atom stereocenters. The fourth-order valence-corrected chi connectivity index (χ4v) is 4.25. The maximum atomic E-state index is 6.35. The summed E-state index contributed by atoms with van der Waals surface area (Å²) in [4.78, 5) is 2.58. The molecule has 0 saturated carbocycles. The molecule has 0 spiro atoms. The van der Waals surface area contributed by atoms with Gasteiger partial charge in [0.2, 0.25) is 0 Å². The molecule has 1 saturated heterocycles. The van der Waals surface area contributed by atoms with Gasteiger partial charge in [0.1, 0.15) is 0 Å². The first kappa shape index (κ1) is 23.5. The van der Waals surface area contributed by atoms with Crippen LogP contribution < -0.4 is 11.1 Å². The minimum Gasteiger partial charge on any atom is -0.398 e. The maximum absolute atomic E-state index is 6.35. The molecule has 7 heteroatoms. The van der Waals surface area contributed by atoms with Crippen molar-refractivity contribution in [3.05, 3.63) is 26.6 Å². The summed E-state index contributed by atoms with van der Waals surface area (Å²) < 4.78 is 2.08. The average Bonchev–Trinajstić information content (AvgIpc) is 2.49. The lowest BCUT2D eigenvalue weighted by Crippen LogP contribution is -2.45. The molecule has 23 heavy (non-hydrogen) atoms. The van der Waals surface area contributed by atoms with Crippen molar-refractivity contribution in [1.29, 1.82) is 0 Å². The monoisotopic (exact) mass is 489 g/mol. The summed E-state index contributed by atoms with van der Waals surface area (Å²) in [5, 5.41) is 3.43. The van der Waals surface area contributed by atoms with Gasteiger partial charge in [-0.25, -0.2) is 0 Å². The maximum Gasteiger partial charge on any atom is 0.0507 e. The second kappa shape index (κ2) is 11.9. The Morgan fingerprint density at radius 2 is 1.83 bits per heavy atom. The third kappa shape index (κ3) is 6.71. The molecule has 1 aromatic rings. The molecular formula is C16H27Br2Cl2N3. The van der Waals surface area contributed by atoms with Crippen molar-refractivity contribution in [2.75, 3.05) is 31.9 Å². The Kier molecular flexibility index (Phi) is 12.2. The molecule has 1 aliphatic heterocycles. The van der Waals surface area contributed by atoms with E-state index in [0.717, 1.165) is 40.8 Å². The van der Waals surface area contributed by atoms with Crippen molar-refractivity contribution in [2.45, 2.75) is 38.6 Å². The van der Waals surface area contributed by atoms with Gasteiger partial charge >= 0.3 is 0 Å². The van der Waals surface area contributed by atoms with Gasteiger partial charge in [0, 0.05) is 41.2 Å². The molecule has 0 aliphatic carbocycles. The van der Waals surface area contributed by atoms with E-state index in [1.54, 1.807) is 0 Å². The van der Waals surface area contributed by atoms with E-state index < -0.39 is 0 Å². The summed E-state index contributed by atoms with van der Waals surface area (Å²) in [5.41, 5.74) is 8.50. The Bertz CT molecular complexity index is 469. The lowest BCUT2D eigenvalue weighted by atomic mass is 9.96. The van der Waals surface area contributed by atoms with E-state index in [2.05, 4.69) is 55.1 Å². The van der Waals surface area contributed by atoms with Crippen molar-refractivity contribution in [2.24, 2.45) is 0 Å². The third-order valence-corrected chi connectivity index (χ3v) is 5.27. The number of anilines is 1. The highest BCUT2D eigenvalue weighted by atomic mass is 79.9. The van der Waals surface area contributed by atoms with Crippen molar-refractivity contribution < 1.29 is 0 Å². The van der Waals surface area contributed by atoms with Crippen molar-refractivity contribution >= 4 is 62.4 Å². The molecule has 134 valence electrons. The number of nitrogen functional groups attached to an aromatic ring is 1. The number of hydrogen-bond acceptors (Lipinski definition) is 3. The first-order valence-electron chi connectivity index (χ1n) is 7.82. The second-order valence-corrected chi connectivity index (χ2v) is 7.46. The van der Waals surface area contributed by atoms with Crippen LogP contribution in [-0.2, 0) is 0 Å². The fourth-order valence-electron chi connectivity index (χ4n) is 3.00. The van der Waals surface area contributed by atoms with E-state index in [4.69, 9.17) is 5.73 Å². The standard InChI is InChI=1S/C16H25Br2N3.2ClH/c1-2-3-4-5-15(21-8-6-20-7-9-21)13-10-12(17)11-14(18)16(13)19;;/h10-11,15,20H,2-9,19H2,1H3;2*1H/t15-;;/m1../s1. The van der Waals surface area contributed by atoms with E-state index in [9.17, 15) is 0 Å². The molecule has 1 aliphatic rings. The molecule has 0 aromatic heterocycles. The Hall–Kier alpha value is 0.480. The predicted octanol–water partition coefficient (Wildman–Crippen LogP) is 5.16. The molecule has 0 bridgehead atoms. The predicted molar refractivity (Wildman–Crippen MR) is 112 cm³/mol. The first-order chi connectivity index (χ1) is 10.1. The molecular weight excluding hydrogens is 465 g/mol. The normalized spacial score (nSPS) is 16.3. The van der Waals surface area contributed by atoms with Gasteiger partial charge in [0.15, 0.2) is 0 Å². The quantitative estimate of drug-likeness (QED) is 0.426. The Balaban J connectivity index is 0.00000242. The highest BCUT2D eigenvalue weighted by molar-refractivity contribution is 9.11. The summed E-state index contributed by atoms with van der Waals surface area (Å²) in [6, 6.07) is 4.64. The van der Waals surface area contributed by atoms with E-state index in [1.165, 1.54) is 31.2 Å². The zero-order valence-electron chi connectivity index (χ0n) is 13.5. The van der Waals surface area contributed by atoms with Crippen LogP contribution >= 0.6 is 56.7 Å². The summed E-state index contributed by atoms with van der Waals surface area (Å²) in [7, 11) is 0. The topological polar surface area (TPSA) is 41.3 Å². The molecule has 0 amide bonds.